The van der Waals surface area contributed by atoms with Crippen LogP contribution in [0.1, 0.15) is 26.2 Å². The van der Waals surface area contributed by atoms with Gasteiger partial charge in [0.2, 0.25) is 0 Å². The van der Waals surface area contributed by atoms with Gasteiger partial charge in [-0.15, -0.1) is 0 Å². The molecule has 2 amide bonds. The zero-order valence-electron chi connectivity index (χ0n) is 15.9. The molecule has 0 aromatic heterocycles. The zero-order chi connectivity index (χ0) is 18.4. The van der Waals surface area contributed by atoms with E-state index in [0.717, 1.165) is 63.6 Å². The van der Waals surface area contributed by atoms with Gasteiger partial charge in [-0.05, 0) is 49.7 Å². The average Bonchev–Trinajstić information content (AvgIpc) is 3.15. The summed E-state index contributed by atoms with van der Waals surface area (Å²) in [5.74, 6) is 2.28. The first-order valence-corrected chi connectivity index (χ1v) is 9.73. The lowest BCUT2D eigenvalue weighted by molar-refractivity contribution is 0.110. The summed E-state index contributed by atoms with van der Waals surface area (Å²) in [7, 11) is 1.66. The van der Waals surface area contributed by atoms with Crippen molar-refractivity contribution in [3.63, 3.8) is 0 Å². The van der Waals surface area contributed by atoms with Crippen LogP contribution >= 0.6 is 0 Å². The first kappa shape index (κ1) is 18.8. The molecule has 6 nitrogen and oxygen atoms in total. The number of hydrogen-bond acceptors (Lipinski definition) is 4. The normalized spacial score (nSPS) is 21.6. The molecule has 2 saturated heterocycles. The molecule has 26 heavy (non-hydrogen) atoms. The van der Waals surface area contributed by atoms with Crippen LogP contribution in [0.25, 0.3) is 0 Å². The van der Waals surface area contributed by atoms with Crippen molar-refractivity contribution in [3.05, 3.63) is 24.3 Å². The number of amides is 2. The molecule has 0 saturated carbocycles. The van der Waals surface area contributed by atoms with Gasteiger partial charge in [0, 0.05) is 39.0 Å². The molecule has 1 aromatic carbocycles. The first-order chi connectivity index (χ1) is 12.7. The van der Waals surface area contributed by atoms with E-state index in [1.54, 1.807) is 7.11 Å². The standard InChI is InChI=1S/C20H31N3O3/c1-3-22-11-8-16(15-22)14-21-20(24)23-12-9-19(10-13-23)26-18-6-4-17(25-2)5-7-18/h4-7,16,19H,3,8-15H2,1-2H3,(H,21,24)/t16-/m0/s1. The van der Waals surface area contributed by atoms with E-state index in [0.29, 0.717) is 5.92 Å². The minimum Gasteiger partial charge on any atom is -0.497 e. The number of ether oxygens (including phenoxy) is 2. The third kappa shape index (κ3) is 5.04. The lowest BCUT2D eigenvalue weighted by atomic mass is 10.1. The van der Waals surface area contributed by atoms with Gasteiger partial charge in [0.1, 0.15) is 17.6 Å². The number of piperidine rings is 1. The molecule has 2 fully saturated rings. The van der Waals surface area contributed by atoms with Crippen molar-refractivity contribution in [1.29, 1.82) is 0 Å². The molecular weight excluding hydrogens is 330 g/mol. The Labute approximate surface area is 156 Å². The molecule has 2 heterocycles. The lowest BCUT2D eigenvalue weighted by Gasteiger charge is -2.32. The summed E-state index contributed by atoms with van der Waals surface area (Å²) in [6.45, 7) is 7.85. The highest BCUT2D eigenvalue weighted by molar-refractivity contribution is 5.74. The minimum absolute atomic E-state index is 0.0721. The molecular formula is C20H31N3O3. The van der Waals surface area contributed by atoms with Crippen molar-refractivity contribution >= 4 is 6.03 Å². The Hall–Kier alpha value is -1.95. The second-order valence-electron chi connectivity index (χ2n) is 7.21. The van der Waals surface area contributed by atoms with E-state index < -0.39 is 0 Å². The molecule has 1 aromatic rings. The van der Waals surface area contributed by atoms with E-state index in [-0.39, 0.29) is 12.1 Å². The smallest absolute Gasteiger partial charge is 0.317 e. The summed E-state index contributed by atoms with van der Waals surface area (Å²) >= 11 is 0. The van der Waals surface area contributed by atoms with Crippen LogP contribution in [0.15, 0.2) is 24.3 Å². The molecule has 144 valence electrons. The molecule has 0 unspecified atom stereocenters. The summed E-state index contributed by atoms with van der Waals surface area (Å²) in [6, 6.07) is 7.74. The van der Waals surface area contributed by atoms with Gasteiger partial charge in [-0.3, -0.25) is 0 Å². The molecule has 6 heteroatoms. The van der Waals surface area contributed by atoms with Crippen molar-refractivity contribution in [1.82, 2.24) is 15.1 Å². The van der Waals surface area contributed by atoms with E-state index in [1.807, 2.05) is 29.2 Å². The molecule has 2 aliphatic heterocycles. The Balaban J connectivity index is 1.36. The number of methoxy groups -OCH3 is 1. The number of likely N-dealkylation sites (tertiary alicyclic amines) is 2. The van der Waals surface area contributed by atoms with Crippen LogP contribution in [0.5, 0.6) is 11.5 Å². The number of hydrogen-bond donors (Lipinski definition) is 1. The predicted molar refractivity (Wildman–Crippen MR) is 102 cm³/mol. The lowest BCUT2D eigenvalue weighted by Crippen LogP contribution is -2.47. The molecule has 1 atom stereocenters. The average molecular weight is 361 g/mol. The third-order valence-corrected chi connectivity index (χ3v) is 5.45. The Bertz CT molecular complexity index is 570. The molecule has 1 N–H and O–H groups in total. The fourth-order valence-corrected chi connectivity index (χ4v) is 3.73. The van der Waals surface area contributed by atoms with Gasteiger partial charge in [0.25, 0.3) is 0 Å². The fourth-order valence-electron chi connectivity index (χ4n) is 3.73. The number of urea groups is 1. The number of nitrogens with one attached hydrogen (secondary N) is 1. The highest BCUT2D eigenvalue weighted by Gasteiger charge is 2.26. The van der Waals surface area contributed by atoms with E-state index in [2.05, 4.69) is 17.1 Å². The van der Waals surface area contributed by atoms with Gasteiger partial charge in [0.05, 0.1) is 7.11 Å². The van der Waals surface area contributed by atoms with Crippen LogP contribution < -0.4 is 14.8 Å². The Morgan fingerprint density at radius 2 is 1.81 bits per heavy atom. The molecule has 0 aliphatic carbocycles. The molecule has 0 radical (unpaired) electrons. The molecule has 0 spiro atoms. The van der Waals surface area contributed by atoms with Crippen LogP contribution in [-0.2, 0) is 0 Å². The van der Waals surface area contributed by atoms with E-state index >= 15 is 0 Å². The zero-order valence-corrected chi connectivity index (χ0v) is 15.9. The third-order valence-electron chi connectivity index (χ3n) is 5.45. The van der Waals surface area contributed by atoms with E-state index in [1.165, 1.54) is 6.42 Å². The SMILES string of the molecule is CCN1CC[C@@H](CNC(=O)N2CCC(Oc3ccc(OC)cc3)CC2)C1. The predicted octanol–water partition coefficient (Wildman–Crippen LogP) is 2.59. The quantitative estimate of drug-likeness (QED) is 0.846. The fraction of sp³-hybridized carbons (Fsp3) is 0.650. The van der Waals surface area contributed by atoms with Crippen LogP contribution in [0.3, 0.4) is 0 Å². The van der Waals surface area contributed by atoms with Crippen LogP contribution in [0, 0.1) is 5.92 Å². The van der Waals surface area contributed by atoms with Crippen molar-refractivity contribution < 1.29 is 14.3 Å². The number of carbonyl (C=O) groups is 1. The van der Waals surface area contributed by atoms with Gasteiger partial charge in [-0.1, -0.05) is 6.92 Å². The Morgan fingerprint density at radius 3 is 2.42 bits per heavy atom. The largest absolute Gasteiger partial charge is 0.497 e. The Morgan fingerprint density at radius 1 is 1.12 bits per heavy atom. The van der Waals surface area contributed by atoms with Crippen molar-refractivity contribution in [2.75, 3.05) is 46.4 Å². The summed E-state index contributed by atoms with van der Waals surface area (Å²) in [6.07, 6.45) is 3.09. The molecule has 0 bridgehead atoms. The highest BCUT2D eigenvalue weighted by atomic mass is 16.5. The maximum Gasteiger partial charge on any atom is 0.317 e. The number of carbonyl (C=O) groups excluding carboxylic acids is 1. The second kappa shape index (κ2) is 9.12. The van der Waals surface area contributed by atoms with Gasteiger partial charge in [0.15, 0.2) is 0 Å². The summed E-state index contributed by atoms with van der Waals surface area (Å²) < 4.78 is 11.2. The van der Waals surface area contributed by atoms with E-state index in [4.69, 9.17) is 9.47 Å². The summed E-state index contributed by atoms with van der Waals surface area (Å²) in [4.78, 5) is 16.7. The van der Waals surface area contributed by atoms with Crippen LogP contribution in [0.4, 0.5) is 4.79 Å². The van der Waals surface area contributed by atoms with Crippen LogP contribution in [0.2, 0.25) is 0 Å². The second-order valence-corrected chi connectivity index (χ2v) is 7.21. The monoisotopic (exact) mass is 361 g/mol. The first-order valence-electron chi connectivity index (χ1n) is 9.73. The number of benzene rings is 1. The van der Waals surface area contributed by atoms with Crippen LogP contribution in [-0.4, -0.2) is 68.3 Å². The van der Waals surface area contributed by atoms with Gasteiger partial charge in [-0.2, -0.15) is 0 Å². The summed E-state index contributed by atoms with van der Waals surface area (Å²) in [5, 5.41) is 3.12. The van der Waals surface area contributed by atoms with Crippen molar-refractivity contribution in [2.24, 2.45) is 5.92 Å². The number of nitrogens with zero attached hydrogens (tertiary/aromatic N) is 2. The summed E-state index contributed by atoms with van der Waals surface area (Å²) in [5.41, 5.74) is 0. The highest BCUT2D eigenvalue weighted by Crippen LogP contribution is 2.22. The topological polar surface area (TPSA) is 54.0 Å². The molecule has 3 rings (SSSR count). The maximum absolute atomic E-state index is 12.4. The van der Waals surface area contributed by atoms with E-state index in [9.17, 15) is 4.79 Å². The van der Waals surface area contributed by atoms with Gasteiger partial charge >= 0.3 is 6.03 Å². The number of rotatable bonds is 6. The minimum atomic E-state index is 0.0721. The van der Waals surface area contributed by atoms with Gasteiger partial charge in [-0.25, -0.2) is 4.79 Å². The maximum atomic E-state index is 12.4. The van der Waals surface area contributed by atoms with Gasteiger partial charge < -0.3 is 24.6 Å². The Kier molecular flexibility index (Phi) is 6.61. The van der Waals surface area contributed by atoms with Crippen molar-refractivity contribution in [2.45, 2.75) is 32.3 Å². The molecule has 2 aliphatic rings. The van der Waals surface area contributed by atoms with Crippen molar-refractivity contribution in [3.8, 4) is 11.5 Å².